The van der Waals surface area contributed by atoms with E-state index >= 15 is 0 Å². The van der Waals surface area contributed by atoms with Crippen LogP contribution in [-0.2, 0) is 36.9 Å². The van der Waals surface area contributed by atoms with E-state index in [1.165, 1.54) is 22.3 Å². The third-order valence-corrected chi connectivity index (χ3v) is 8.03. The summed E-state index contributed by atoms with van der Waals surface area (Å²) in [7, 11) is 1.63. The number of aryl methyl sites for hydroxylation is 1. The van der Waals surface area contributed by atoms with E-state index < -0.39 is 11.1 Å². The van der Waals surface area contributed by atoms with Crippen LogP contribution in [0.3, 0.4) is 0 Å². The molecule has 0 saturated carbocycles. The van der Waals surface area contributed by atoms with Crippen LogP contribution in [0.4, 0.5) is 0 Å². The first-order valence-corrected chi connectivity index (χ1v) is 12.6. The lowest BCUT2D eigenvalue weighted by Gasteiger charge is -2.42. The third-order valence-electron chi connectivity index (χ3n) is 7.08. The first-order chi connectivity index (χ1) is 16.1. The van der Waals surface area contributed by atoms with Crippen molar-refractivity contribution in [1.82, 2.24) is 4.90 Å². The van der Waals surface area contributed by atoms with Gasteiger partial charge in [0.25, 0.3) is 0 Å². The lowest BCUT2D eigenvalue weighted by atomic mass is 9.83. The van der Waals surface area contributed by atoms with Crippen LogP contribution in [0.1, 0.15) is 39.4 Å². The smallest absolute Gasteiger partial charge is 0.240 e. The Hall–Kier alpha value is -2.83. The minimum Gasteiger partial charge on any atom is -0.493 e. The number of rotatable bonds is 4. The van der Waals surface area contributed by atoms with Gasteiger partial charge in [-0.2, -0.15) is 0 Å². The molecule has 2 atom stereocenters. The SMILES string of the molecule is COc1ccc2c(c1OS(=O)c1cccc(C)c1)CN1CCc3cc4c(cc3C1C2)OCC4. The molecule has 33 heavy (non-hydrogen) atoms. The third kappa shape index (κ3) is 3.62. The molecule has 0 amide bonds. The Labute approximate surface area is 196 Å². The molecule has 0 radical (unpaired) electrons. The molecule has 0 fully saturated rings. The lowest BCUT2D eigenvalue weighted by Crippen LogP contribution is -2.39. The van der Waals surface area contributed by atoms with Crippen LogP contribution in [-0.4, -0.2) is 29.4 Å². The monoisotopic (exact) mass is 461 g/mol. The molecular weight excluding hydrogens is 434 g/mol. The molecule has 2 unspecified atom stereocenters. The zero-order valence-electron chi connectivity index (χ0n) is 18.9. The van der Waals surface area contributed by atoms with Crippen molar-refractivity contribution < 1.29 is 17.9 Å². The minimum atomic E-state index is -1.62. The van der Waals surface area contributed by atoms with Gasteiger partial charge in [0.2, 0.25) is 11.1 Å². The fourth-order valence-corrected chi connectivity index (χ4v) is 6.28. The van der Waals surface area contributed by atoms with Crippen molar-refractivity contribution in [3.8, 4) is 17.2 Å². The van der Waals surface area contributed by atoms with Crippen LogP contribution in [0, 0.1) is 6.92 Å². The van der Waals surface area contributed by atoms with Gasteiger partial charge in [-0.25, -0.2) is 4.21 Å². The summed E-state index contributed by atoms with van der Waals surface area (Å²) in [4.78, 5) is 3.16. The largest absolute Gasteiger partial charge is 0.493 e. The van der Waals surface area contributed by atoms with Gasteiger partial charge in [-0.3, -0.25) is 4.90 Å². The molecule has 6 heteroatoms. The minimum absolute atomic E-state index is 0.319. The molecule has 0 aromatic heterocycles. The Morgan fingerprint density at radius 1 is 1.06 bits per heavy atom. The summed E-state index contributed by atoms with van der Waals surface area (Å²) in [6.45, 7) is 4.51. The molecule has 0 N–H and O–H groups in total. The zero-order chi connectivity index (χ0) is 22.5. The maximum atomic E-state index is 13.1. The van der Waals surface area contributed by atoms with Gasteiger partial charge >= 0.3 is 0 Å². The van der Waals surface area contributed by atoms with Crippen molar-refractivity contribution in [2.24, 2.45) is 0 Å². The number of nitrogens with zero attached hydrogens (tertiary/aromatic N) is 1. The number of ether oxygens (including phenoxy) is 2. The molecule has 5 nitrogen and oxygen atoms in total. The van der Waals surface area contributed by atoms with E-state index in [4.69, 9.17) is 13.7 Å². The maximum Gasteiger partial charge on any atom is 0.240 e. The topological polar surface area (TPSA) is 48.0 Å². The molecule has 0 aliphatic carbocycles. The zero-order valence-corrected chi connectivity index (χ0v) is 19.7. The van der Waals surface area contributed by atoms with E-state index in [1.807, 2.05) is 37.3 Å². The fraction of sp³-hybridized carbons (Fsp3) is 0.333. The summed E-state index contributed by atoms with van der Waals surface area (Å²) in [5, 5.41) is 0. The second kappa shape index (κ2) is 8.19. The van der Waals surface area contributed by atoms with Gasteiger partial charge in [-0.1, -0.05) is 24.3 Å². The summed E-state index contributed by atoms with van der Waals surface area (Å²) in [6, 6.07) is 16.6. The molecule has 0 saturated heterocycles. The van der Waals surface area contributed by atoms with Crippen LogP contribution < -0.4 is 13.7 Å². The Morgan fingerprint density at radius 2 is 1.97 bits per heavy atom. The predicted octanol–water partition coefficient (Wildman–Crippen LogP) is 4.70. The van der Waals surface area contributed by atoms with Crippen molar-refractivity contribution in [2.75, 3.05) is 20.3 Å². The molecule has 0 spiro atoms. The first kappa shape index (κ1) is 20.8. The Kier molecular flexibility index (Phi) is 5.15. The normalized spacial score (nSPS) is 19.5. The van der Waals surface area contributed by atoms with Crippen molar-refractivity contribution in [3.63, 3.8) is 0 Å². The van der Waals surface area contributed by atoms with Crippen molar-refractivity contribution in [3.05, 3.63) is 81.9 Å². The van der Waals surface area contributed by atoms with E-state index in [9.17, 15) is 4.21 Å². The average molecular weight is 462 g/mol. The summed E-state index contributed by atoms with van der Waals surface area (Å²) in [6.07, 6.45) is 2.93. The van der Waals surface area contributed by atoms with E-state index in [0.29, 0.717) is 22.4 Å². The van der Waals surface area contributed by atoms with E-state index in [1.54, 1.807) is 7.11 Å². The Morgan fingerprint density at radius 3 is 2.82 bits per heavy atom. The second-order valence-corrected chi connectivity index (χ2v) is 10.2. The number of hydrogen-bond donors (Lipinski definition) is 0. The van der Waals surface area contributed by atoms with E-state index in [-0.39, 0.29) is 0 Å². The van der Waals surface area contributed by atoms with Gasteiger partial charge in [0.15, 0.2) is 11.5 Å². The van der Waals surface area contributed by atoms with Gasteiger partial charge in [0, 0.05) is 31.1 Å². The van der Waals surface area contributed by atoms with Gasteiger partial charge in [-0.15, -0.1) is 0 Å². The van der Waals surface area contributed by atoms with Crippen LogP contribution >= 0.6 is 0 Å². The quantitative estimate of drug-likeness (QED) is 0.564. The van der Waals surface area contributed by atoms with Crippen LogP contribution in [0.25, 0.3) is 0 Å². The van der Waals surface area contributed by atoms with Crippen LogP contribution in [0.15, 0.2) is 53.4 Å². The van der Waals surface area contributed by atoms with Gasteiger partial charge in [0.1, 0.15) is 5.75 Å². The van der Waals surface area contributed by atoms with Crippen LogP contribution in [0.2, 0.25) is 0 Å². The summed E-state index contributed by atoms with van der Waals surface area (Å²) < 4.78 is 30.7. The Balaban J connectivity index is 1.36. The number of benzene rings is 3. The molecule has 3 aliphatic heterocycles. The highest BCUT2D eigenvalue weighted by Crippen LogP contribution is 2.45. The lowest BCUT2D eigenvalue weighted by molar-refractivity contribution is 0.159. The van der Waals surface area contributed by atoms with Crippen molar-refractivity contribution in [2.45, 2.75) is 43.7 Å². The molecule has 3 aliphatic rings. The highest BCUT2D eigenvalue weighted by atomic mass is 32.2. The van der Waals surface area contributed by atoms with Gasteiger partial charge < -0.3 is 13.7 Å². The first-order valence-electron chi connectivity index (χ1n) is 11.5. The van der Waals surface area contributed by atoms with Crippen molar-refractivity contribution >= 4 is 11.1 Å². The predicted molar refractivity (Wildman–Crippen MR) is 127 cm³/mol. The van der Waals surface area contributed by atoms with Gasteiger partial charge in [0.05, 0.1) is 18.6 Å². The maximum absolute atomic E-state index is 13.1. The fourth-order valence-electron chi connectivity index (χ4n) is 5.38. The summed E-state index contributed by atoms with van der Waals surface area (Å²) in [5.41, 5.74) is 7.54. The average Bonchev–Trinajstić information content (AvgIpc) is 3.29. The molecule has 3 aromatic rings. The number of fused-ring (bicyclic) bond motifs is 5. The van der Waals surface area contributed by atoms with E-state index in [0.717, 1.165) is 55.8 Å². The molecule has 3 aromatic carbocycles. The number of methoxy groups -OCH3 is 1. The second-order valence-electron chi connectivity index (χ2n) is 9.07. The molecule has 6 rings (SSSR count). The standard InChI is InChI=1S/C27H27NO4S/c1-17-4-3-5-21(12-17)33(29)32-27-23-16-28-10-8-19-13-20-9-11-31-26(20)15-22(19)24(28)14-18(23)6-7-25(27)30-2/h3-7,12-13,15,24H,8-11,14,16H2,1-2H3. The molecule has 0 bridgehead atoms. The molecular formula is C27H27NO4S. The molecule has 3 heterocycles. The molecule has 170 valence electrons. The summed E-state index contributed by atoms with van der Waals surface area (Å²) in [5.74, 6) is 2.27. The van der Waals surface area contributed by atoms with Crippen molar-refractivity contribution in [1.29, 1.82) is 0 Å². The van der Waals surface area contributed by atoms with Crippen LogP contribution in [0.5, 0.6) is 17.2 Å². The van der Waals surface area contributed by atoms with E-state index in [2.05, 4.69) is 23.1 Å². The highest BCUT2D eigenvalue weighted by Gasteiger charge is 2.35. The highest BCUT2D eigenvalue weighted by molar-refractivity contribution is 7.80. The Bertz CT molecular complexity index is 1270. The van der Waals surface area contributed by atoms with Gasteiger partial charge in [-0.05, 0) is 71.8 Å². The summed E-state index contributed by atoms with van der Waals surface area (Å²) >= 11 is -1.62. The number of hydrogen-bond acceptors (Lipinski definition) is 5.